The highest BCUT2D eigenvalue weighted by Gasteiger charge is 2.34. The molecule has 1 aromatic carbocycles. The van der Waals surface area contributed by atoms with Gasteiger partial charge in [0.1, 0.15) is 17.3 Å². The number of likely N-dealkylation sites (tertiary alicyclic amines) is 1. The number of benzene rings is 1. The van der Waals surface area contributed by atoms with E-state index in [-0.39, 0.29) is 17.8 Å². The van der Waals surface area contributed by atoms with Crippen LogP contribution in [0.3, 0.4) is 0 Å². The molecule has 0 saturated carbocycles. The zero-order chi connectivity index (χ0) is 16.8. The van der Waals surface area contributed by atoms with E-state index in [1.807, 2.05) is 35.6 Å². The number of fused-ring (bicyclic) bond motifs is 1. The minimum Gasteiger partial charge on any atom is -0.467 e. The average Bonchev–Trinajstić information content (AvgIpc) is 3.28. The van der Waals surface area contributed by atoms with Crippen LogP contribution in [0.5, 0.6) is 0 Å². The van der Waals surface area contributed by atoms with Crippen molar-refractivity contribution in [3.63, 3.8) is 0 Å². The first-order valence-corrected chi connectivity index (χ1v) is 8.17. The van der Waals surface area contributed by atoms with E-state index in [0.717, 1.165) is 35.1 Å². The van der Waals surface area contributed by atoms with Gasteiger partial charge in [-0.3, -0.25) is 4.79 Å². The van der Waals surface area contributed by atoms with Crippen LogP contribution in [0, 0.1) is 12.7 Å². The van der Waals surface area contributed by atoms with Gasteiger partial charge in [-0.05, 0) is 55.7 Å². The van der Waals surface area contributed by atoms with E-state index in [1.165, 1.54) is 12.1 Å². The third-order valence-corrected chi connectivity index (χ3v) is 5.00. The summed E-state index contributed by atoms with van der Waals surface area (Å²) in [5.74, 6) is 0.513. The maximum Gasteiger partial charge on any atom is 0.271 e. The summed E-state index contributed by atoms with van der Waals surface area (Å²) in [4.78, 5) is 15.1. The number of carbonyl (C=O) groups excluding carboxylic acids is 1. The Morgan fingerprint density at radius 2 is 2.17 bits per heavy atom. The zero-order valence-corrected chi connectivity index (χ0v) is 13.8. The Labute approximate surface area is 139 Å². The lowest BCUT2D eigenvalue weighted by Gasteiger charge is -2.24. The number of furan rings is 1. The number of aryl methyl sites for hydroxylation is 2. The van der Waals surface area contributed by atoms with Crippen molar-refractivity contribution in [2.75, 3.05) is 6.54 Å². The summed E-state index contributed by atoms with van der Waals surface area (Å²) in [6.07, 6.45) is 3.49. The third kappa shape index (κ3) is 2.15. The second kappa shape index (κ2) is 5.51. The van der Waals surface area contributed by atoms with Gasteiger partial charge in [0.2, 0.25) is 0 Å². The Hall–Kier alpha value is -2.56. The molecule has 0 spiro atoms. The molecule has 1 atom stereocenters. The second-order valence-electron chi connectivity index (χ2n) is 6.37. The number of carbonyl (C=O) groups is 1. The molecule has 5 heteroatoms. The van der Waals surface area contributed by atoms with Gasteiger partial charge in [-0.25, -0.2) is 4.39 Å². The van der Waals surface area contributed by atoms with Crippen molar-refractivity contribution in [1.82, 2.24) is 9.47 Å². The molecule has 1 saturated heterocycles. The van der Waals surface area contributed by atoms with Gasteiger partial charge in [-0.15, -0.1) is 0 Å². The molecule has 1 fully saturated rings. The van der Waals surface area contributed by atoms with Crippen LogP contribution in [0.2, 0.25) is 0 Å². The maximum atomic E-state index is 13.6. The SMILES string of the molecule is Cc1c(C(=O)N2CCC[C@@H]2c2ccco2)n(C)c2ccc(F)cc12. The maximum absolute atomic E-state index is 13.6. The number of halogens is 1. The van der Waals surface area contributed by atoms with E-state index in [9.17, 15) is 9.18 Å². The normalized spacial score (nSPS) is 17.8. The van der Waals surface area contributed by atoms with Gasteiger partial charge in [0, 0.05) is 24.5 Å². The number of hydrogen-bond acceptors (Lipinski definition) is 2. The molecule has 0 unspecified atom stereocenters. The lowest BCUT2D eigenvalue weighted by atomic mass is 10.1. The summed E-state index contributed by atoms with van der Waals surface area (Å²) >= 11 is 0. The Kier molecular flexibility index (Phi) is 3.44. The predicted molar refractivity (Wildman–Crippen MR) is 89.3 cm³/mol. The topological polar surface area (TPSA) is 38.4 Å². The third-order valence-electron chi connectivity index (χ3n) is 5.00. The molecule has 1 aliphatic rings. The molecule has 4 rings (SSSR count). The first-order chi connectivity index (χ1) is 11.6. The van der Waals surface area contributed by atoms with Gasteiger partial charge in [-0.1, -0.05) is 0 Å². The molecule has 0 aliphatic carbocycles. The van der Waals surface area contributed by atoms with Crippen molar-refractivity contribution in [3.8, 4) is 0 Å². The molecule has 3 aromatic rings. The number of amides is 1. The van der Waals surface area contributed by atoms with Gasteiger partial charge in [-0.2, -0.15) is 0 Å². The molecule has 0 bridgehead atoms. The summed E-state index contributed by atoms with van der Waals surface area (Å²) in [5, 5.41) is 0.787. The Morgan fingerprint density at radius 3 is 2.92 bits per heavy atom. The van der Waals surface area contributed by atoms with Crippen LogP contribution >= 0.6 is 0 Å². The monoisotopic (exact) mass is 326 g/mol. The molecular formula is C19H19FN2O2. The Morgan fingerprint density at radius 1 is 1.33 bits per heavy atom. The van der Waals surface area contributed by atoms with Gasteiger partial charge in [0.05, 0.1) is 12.3 Å². The van der Waals surface area contributed by atoms with Crippen molar-refractivity contribution >= 4 is 16.8 Å². The van der Waals surface area contributed by atoms with Gasteiger partial charge in [0.25, 0.3) is 5.91 Å². The van der Waals surface area contributed by atoms with Crippen LogP contribution in [-0.2, 0) is 7.05 Å². The molecule has 124 valence electrons. The predicted octanol–water partition coefficient (Wildman–Crippen LogP) is 4.20. The van der Waals surface area contributed by atoms with Crippen LogP contribution in [0.15, 0.2) is 41.0 Å². The zero-order valence-electron chi connectivity index (χ0n) is 13.8. The van der Waals surface area contributed by atoms with E-state index in [0.29, 0.717) is 12.2 Å². The fourth-order valence-electron chi connectivity index (χ4n) is 3.83. The van der Waals surface area contributed by atoms with Crippen molar-refractivity contribution in [2.24, 2.45) is 7.05 Å². The molecule has 2 aromatic heterocycles. The standard InChI is InChI=1S/C19H19FN2O2/c1-12-14-11-13(20)7-8-15(14)21(2)18(12)19(23)22-9-3-5-16(22)17-6-4-10-24-17/h4,6-8,10-11,16H,3,5,9H2,1-2H3/t16-/m1/s1. The molecule has 4 nitrogen and oxygen atoms in total. The molecule has 3 heterocycles. The van der Waals surface area contributed by atoms with Crippen LogP contribution < -0.4 is 0 Å². The Bertz CT molecular complexity index is 911. The van der Waals surface area contributed by atoms with Crippen molar-refractivity contribution in [2.45, 2.75) is 25.8 Å². The molecule has 0 N–H and O–H groups in total. The van der Waals surface area contributed by atoms with Gasteiger partial charge < -0.3 is 13.9 Å². The molecule has 0 radical (unpaired) electrons. The smallest absolute Gasteiger partial charge is 0.271 e. The largest absolute Gasteiger partial charge is 0.467 e. The van der Waals surface area contributed by atoms with E-state index < -0.39 is 0 Å². The molecular weight excluding hydrogens is 307 g/mol. The highest BCUT2D eigenvalue weighted by atomic mass is 19.1. The van der Waals surface area contributed by atoms with Crippen molar-refractivity contribution in [3.05, 3.63) is 59.4 Å². The van der Waals surface area contributed by atoms with E-state index in [4.69, 9.17) is 4.42 Å². The summed E-state index contributed by atoms with van der Waals surface area (Å²) in [6, 6.07) is 8.39. The minimum absolute atomic E-state index is 0.0227. The number of hydrogen-bond donors (Lipinski definition) is 0. The molecule has 1 amide bonds. The van der Waals surface area contributed by atoms with E-state index >= 15 is 0 Å². The fourth-order valence-corrected chi connectivity index (χ4v) is 3.83. The quantitative estimate of drug-likeness (QED) is 0.708. The van der Waals surface area contributed by atoms with Gasteiger partial charge in [0.15, 0.2) is 0 Å². The van der Waals surface area contributed by atoms with Crippen LogP contribution in [0.4, 0.5) is 4.39 Å². The van der Waals surface area contributed by atoms with Crippen LogP contribution in [0.25, 0.3) is 10.9 Å². The number of rotatable bonds is 2. The molecule has 1 aliphatic heterocycles. The average molecular weight is 326 g/mol. The first-order valence-electron chi connectivity index (χ1n) is 8.17. The van der Waals surface area contributed by atoms with Gasteiger partial charge >= 0.3 is 0 Å². The van der Waals surface area contributed by atoms with Crippen LogP contribution in [-0.4, -0.2) is 21.9 Å². The van der Waals surface area contributed by atoms with Crippen LogP contribution in [0.1, 0.15) is 40.7 Å². The summed E-state index contributed by atoms with van der Waals surface area (Å²) in [6.45, 7) is 2.59. The first kappa shape index (κ1) is 15.0. The van der Waals surface area contributed by atoms with Crippen molar-refractivity contribution < 1.29 is 13.6 Å². The highest BCUT2D eigenvalue weighted by Crippen LogP contribution is 2.35. The lowest BCUT2D eigenvalue weighted by molar-refractivity contribution is 0.0710. The summed E-state index contributed by atoms with van der Waals surface area (Å²) in [5.41, 5.74) is 2.31. The van der Waals surface area contributed by atoms with E-state index in [1.54, 1.807) is 12.3 Å². The number of aromatic nitrogens is 1. The van der Waals surface area contributed by atoms with Crippen molar-refractivity contribution in [1.29, 1.82) is 0 Å². The summed E-state index contributed by atoms with van der Waals surface area (Å²) in [7, 11) is 1.86. The minimum atomic E-state index is -0.287. The fraction of sp³-hybridized carbons (Fsp3) is 0.316. The summed E-state index contributed by atoms with van der Waals surface area (Å²) < 4.78 is 21.0. The van der Waals surface area contributed by atoms with E-state index in [2.05, 4.69) is 0 Å². The highest BCUT2D eigenvalue weighted by molar-refractivity contribution is 6.01. The second-order valence-corrected chi connectivity index (χ2v) is 6.37. The molecule has 24 heavy (non-hydrogen) atoms. The Balaban J connectivity index is 1.78. The lowest BCUT2D eigenvalue weighted by Crippen LogP contribution is -2.32. The number of nitrogens with zero attached hydrogens (tertiary/aromatic N) is 2.